The number of esters is 1. The van der Waals surface area contributed by atoms with E-state index in [1.54, 1.807) is 27.1 Å². The molecule has 1 unspecified atom stereocenters. The van der Waals surface area contributed by atoms with Gasteiger partial charge in [-0.1, -0.05) is 89.1 Å². The summed E-state index contributed by atoms with van der Waals surface area (Å²) in [6.07, 6.45) is 4.95. The van der Waals surface area contributed by atoms with Crippen molar-refractivity contribution < 1.29 is 43.1 Å². The molecule has 2 saturated heterocycles. The van der Waals surface area contributed by atoms with Crippen LogP contribution in [-0.2, 0) is 44.7 Å². The van der Waals surface area contributed by atoms with Gasteiger partial charge in [0.15, 0.2) is 6.10 Å². The molecule has 2 fully saturated rings. The Morgan fingerprint density at radius 2 is 1.49 bits per heavy atom. The monoisotopic (exact) mass is 1180 g/mol. The fraction of sp³-hybridized carbons (Fsp3) is 0.610. The van der Waals surface area contributed by atoms with E-state index in [9.17, 15) is 38.4 Å². The summed E-state index contributed by atoms with van der Waals surface area (Å²) in [7, 11) is 5.13. The maximum absolute atomic E-state index is 14.8. The molecule has 1 aromatic heterocycles. The number of amides is 7. The molecule has 0 spiro atoms. The standard InChI is InChI=1S/C59H88N10O9S3/c1-9-40(4)52(64-54(73)47-26-17-19-29-65(47)6)59(77)66(7)48(39(2)3)36-50(78-41(5)70)56-63-46(37-81-56)57(75)67(8)49(38-80-43-23-14-11-15-24-43)55(74)61-44(25-16-18-28-60)53(72)62-45(35-42-21-12-10-13-22-42)58(76)69-32-30-68(31-33-69)51(71)27-20-34-79/h10-15,21-24,37,39-40,44-45,47-50,52,79H,9,16-20,25-36,38,60H2,1-8H3,(H,61,74)(H,62,72)(H,64,73)/t40-,44+,45-,47+,48+,49-,50+,52?/m0/s1. The summed E-state index contributed by atoms with van der Waals surface area (Å²) < 4.78 is 5.92. The molecular weight excluding hydrogens is 1090 g/mol. The highest BCUT2D eigenvalue weighted by Gasteiger charge is 2.39. The third-order valence-electron chi connectivity index (χ3n) is 15.5. The minimum atomic E-state index is -1.14. The van der Waals surface area contributed by atoms with Crippen molar-refractivity contribution in [3.8, 4) is 0 Å². The van der Waals surface area contributed by atoms with E-state index >= 15 is 0 Å². The van der Waals surface area contributed by atoms with Gasteiger partial charge in [-0.25, -0.2) is 4.98 Å². The number of likely N-dealkylation sites (N-methyl/N-ethyl adjacent to an activating group) is 3. The number of carbonyl (C=O) groups is 8. The Balaban J connectivity index is 1.38. The molecule has 19 nitrogen and oxygen atoms in total. The van der Waals surface area contributed by atoms with Crippen molar-refractivity contribution in [2.45, 2.75) is 152 Å². The molecule has 2 aliphatic rings. The SMILES string of the molecule is CC[C@H](C)C(NC(=O)[C@H]1CCCCN1C)C(=O)N(C)[C@H](C[C@@H](OC(C)=O)c1nc(C(=O)N(C)[C@@H](CSc2ccccc2)C(=O)N[C@H](CCCCN)C(=O)N[C@@H](Cc2ccccc2)C(=O)N2CCN(C(=O)CCCS)CC2)cs1)C(C)C. The van der Waals surface area contributed by atoms with Crippen molar-refractivity contribution in [3.63, 3.8) is 0 Å². The molecule has 2 aromatic carbocycles. The molecular formula is C59H88N10O9S3. The molecule has 81 heavy (non-hydrogen) atoms. The first kappa shape index (κ1) is 66.3. The van der Waals surface area contributed by atoms with Gasteiger partial charge in [0.1, 0.15) is 34.9 Å². The molecule has 7 amide bonds. The number of ether oxygens (including phenoxy) is 1. The molecule has 0 saturated carbocycles. The van der Waals surface area contributed by atoms with Crippen LogP contribution in [0.5, 0.6) is 0 Å². The number of nitrogens with zero attached hydrogens (tertiary/aromatic N) is 6. The Morgan fingerprint density at radius 3 is 2.11 bits per heavy atom. The van der Waals surface area contributed by atoms with E-state index in [1.807, 2.05) is 100 Å². The summed E-state index contributed by atoms with van der Waals surface area (Å²) in [4.78, 5) is 126. The van der Waals surface area contributed by atoms with Crippen LogP contribution in [0.3, 0.4) is 0 Å². The lowest BCUT2D eigenvalue weighted by atomic mass is 9.92. The highest BCUT2D eigenvalue weighted by molar-refractivity contribution is 7.99. The van der Waals surface area contributed by atoms with Gasteiger partial charge in [-0.2, -0.15) is 12.6 Å². The van der Waals surface area contributed by atoms with Gasteiger partial charge in [0.05, 0.1) is 6.04 Å². The molecule has 5 N–H and O–H groups in total. The Kier molecular flexibility index (Phi) is 27.4. The van der Waals surface area contributed by atoms with E-state index in [4.69, 9.17) is 15.5 Å². The average Bonchev–Trinajstić information content (AvgIpc) is 3.98. The number of piperidine rings is 1. The molecule has 0 bridgehead atoms. The number of likely N-dealkylation sites (tertiary alicyclic amines) is 1. The van der Waals surface area contributed by atoms with E-state index in [1.165, 1.54) is 30.6 Å². The molecule has 22 heteroatoms. The average molecular weight is 1180 g/mol. The number of unbranched alkanes of at least 4 members (excludes halogenated alkanes) is 1. The first-order valence-electron chi connectivity index (χ1n) is 28.6. The smallest absolute Gasteiger partial charge is 0.303 e. The van der Waals surface area contributed by atoms with Crippen molar-refractivity contribution in [1.29, 1.82) is 0 Å². The zero-order chi connectivity index (χ0) is 59.2. The molecule has 5 rings (SSSR count). The zero-order valence-electron chi connectivity index (χ0n) is 48.7. The summed E-state index contributed by atoms with van der Waals surface area (Å²) in [5.41, 5.74) is 6.72. The summed E-state index contributed by atoms with van der Waals surface area (Å²) in [6, 6.07) is 13.9. The van der Waals surface area contributed by atoms with E-state index in [0.717, 1.165) is 41.2 Å². The Hall–Kier alpha value is -5.55. The van der Waals surface area contributed by atoms with Gasteiger partial charge in [-0.15, -0.1) is 23.1 Å². The molecule has 446 valence electrons. The number of thiazole rings is 1. The van der Waals surface area contributed by atoms with Crippen LogP contribution in [0.1, 0.15) is 126 Å². The van der Waals surface area contributed by atoms with Gasteiger partial charge < -0.3 is 46.0 Å². The number of nitrogens with one attached hydrogen (secondary N) is 3. The molecule has 3 aromatic rings. The maximum atomic E-state index is 14.8. The molecule has 0 aliphatic carbocycles. The quantitative estimate of drug-likeness (QED) is 0.0237. The lowest BCUT2D eigenvalue weighted by Gasteiger charge is -2.38. The summed E-state index contributed by atoms with van der Waals surface area (Å²) >= 11 is 6.71. The molecule has 3 heterocycles. The fourth-order valence-electron chi connectivity index (χ4n) is 10.3. The van der Waals surface area contributed by atoms with Gasteiger partial charge in [0, 0.05) is 88.5 Å². The molecule has 8 atom stereocenters. The Labute approximate surface area is 493 Å². The Bertz CT molecular complexity index is 2520. The van der Waals surface area contributed by atoms with Gasteiger partial charge in [-0.05, 0) is 93.9 Å². The second-order valence-electron chi connectivity index (χ2n) is 21.7. The minimum Gasteiger partial charge on any atom is -0.455 e. The largest absolute Gasteiger partial charge is 0.455 e. The van der Waals surface area contributed by atoms with Crippen LogP contribution in [0.2, 0.25) is 0 Å². The van der Waals surface area contributed by atoms with Crippen molar-refractivity contribution in [2.75, 3.05) is 71.9 Å². The number of rotatable bonds is 30. The zero-order valence-corrected chi connectivity index (χ0v) is 51.2. The first-order valence-corrected chi connectivity index (χ1v) is 31.1. The van der Waals surface area contributed by atoms with Crippen LogP contribution in [-0.4, -0.2) is 185 Å². The summed E-state index contributed by atoms with van der Waals surface area (Å²) in [5.74, 6) is -2.70. The number of thiol groups is 1. The van der Waals surface area contributed by atoms with Crippen molar-refractivity contribution >= 4 is 83.0 Å². The number of nitrogens with two attached hydrogens (primary N) is 1. The predicted molar refractivity (Wildman–Crippen MR) is 320 cm³/mol. The summed E-state index contributed by atoms with van der Waals surface area (Å²) in [6.45, 7) is 11.6. The third-order valence-corrected chi connectivity index (χ3v) is 17.8. The van der Waals surface area contributed by atoms with Crippen LogP contribution in [0.15, 0.2) is 70.9 Å². The number of piperazine rings is 1. The molecule has 0 radical (unpaired) electrons. The minimum absolute atomic E-state index is 0.00252. The van der Waals surface area contributed by atoms with Gasteiger partial charge >= 0.3 is 5.97 Å². The van der Waals surface area contributed by atoms with E-state index in [-0.39, 0.29) is 72.2 Å². The predicted octanol–water partition coefficient (Wildman–Crippen LogP) is 5.59. The van der Waals surface area contributed by atoms with Crippen LogP contribution in [0.4, 0.5) is 0 Å². The maximum Gasteiger partial charge on any atom is 0.303 e. The number of hydrogen-bond acceptors (Lipinski definition) is 15. The second-order valence-corrected chi connectivity index (χ2v) is 24.1. The van der Waals surface area contributed by atoms with Gasteiger partial charge in [-0.3, -0.25) is 43.3 Å². The first-order chi connectivity index (χ1) is 38.8. The van der Waals surface area contributed by atoms with Crippen LogP contribution >= 0.6 is 35.7 Å². The summed E-state index contributed by atoms with van der Waals surface area (Å²) in [5, 5.41) is 10.9. The number of thioether (sulfide) groups is 1. The highest BCUT2D eigenvalue weighted by atomic mass is 32.2. The number of aromatic nitrogens is 1. The topological polar surface area (TPSA) is 237 Å². The third kappa shape index (κ3) is 19.8. The normalized spacial score (nSPS) is 17.4. The van der Waals surface area contributed by atoms with Gasteiger partial charge in [0.2, 0.25) is 35.4 Å². The van der Waals surface area contributed by atoms with Crippen LogP contribution < -0.4 is 21.7 Å². The van der Waals surface area contributed by atoms with Crippen LogP contribution in [0.25, 0.3) is 0 Å². The van der Waals surface area contributed by atoms with E-state index in [2.05, 4.69) is 28.6 Å². The lowest BCUT2D eigenvalue weighted by Crippen LogP contribution is -2.59. The van der Waals surface area contributed by atoms with E-state index in [0.29, 0.717) is 82.0 Å². The van der Waals surface area contributed by atoms with E-state index < -0.39 is 60.0 Å². The molecule has 2 aliphatic heterocycles. The second kappa shape index (κ2) is 33.5. The number of benzene rings is 2. The van der Waals surface area contributed by atoms with Gasteiger partial charge in [0.25, 0.3) is 5.91 Å². The van der Waals surface area contributed by atoms with Crippen molar-refractivity contribution in [1.82, 2.24) is 45.4 Å². The highest BCUT2D eigenvalue weighted by Crippen LogP contribution is 2.32. The number of hydrogen-bond donors (Lipinski definition) is 5. The Morgan fingerprint density at radius 1 is 0.840 bits per heavy atom. The lowest BCUT2D eigenvalue weighted by molar-refractivity contribution is -0.149. The van der Waals surface area contributed by atoms with Crippen LogP contribution in [0, 0.1) is 11.8 Å². The van der Waals surface area contributed by atoms with Crippen molar-refractivity contribution in [2.24, 2.45) is 17.6 Å². The number of carbonyl (C=O) groups excluding carboxylic acids is 8. The fourth-order valence-corrected chi connectivity index (χ4v) is 12.3. The van der Waals surface area contributed by atoms with Crippen molar-refractivity contribution in [3.05, 3.63) is 82.3 Å².